The van der Waals surface area contributed by atoms with Crippen LogP contribution in [0.15, 0.2) is 29.3 Å². The zero-order chi connectivity index (χ0) is 26.8. The summed E-state index contributed by atoms with van der Waals surface area (Å²) in [5.41, 5.74) is 19.9. The van der Waals surface area contributed by atoms with E-state index in [4.69, 9.17) is 17.2 Å². The molecule has 0 spiro atoms. The summed E-state index contributed by atoms with van der Waals surface area (Å²) >= 11 is 4.13. The van der Waals surface area contributed by atoms with Crippen LogP contribution < -0.4 is 33.3 Å². The normalized spacial score (nSPS) is 19.6. The van der Waals surface area contributed by atoms with Crippen molar-refractivity contribution < 1.29 is 24.3 Å². The Morgan fingerprint density at radius 3 is 2.44 bits per heavy atom. The Bertz CT molecular complexity index is 970. The second-order valence-corrected chi connectivity index (χ2v) is 8.85. The number of hydrogen-bond acceptors (Lipinski definition) is 9. The molecule has 1 fully saturated rings. The van der Waals surface area contributed by atoms with Gasteiger partial charge in [-0.2, -0.15) is 12.6 Å². The molecule has 0 radical (unpaired) electrons. The monoisotopic (exact) mass is 522 g/mol. The van der Waals surface area contributed by atoms with Crippen molar-refractivity contribution in [1.29, 1.82) is 0 Å². The molecular formula is C22H34N8O5S. The van der Waals surface area contributed by atoms with Crippen LogP contribution in [0.3, 0.4) is 0 Å². The number of ketones is 1. The number of hydrazine groups is 1. The molecule has 1 aliphatic rings. The number of piperazine rings is 1. The highest BCUT2D eigenvalue weighted by Gasteiger charge is 2.38. The Hall–Kier alpha value is -3.36. The Kier molecular flexibility index (Phi) is 11.0. The summed E-state index contributed by atoms with van der Waals surface area (Å²) in [5.74, 6) is -1.82. The summed E-state index contributed by atoms with van der Waals surface area (Å²) in [6.45, 7) is 1.65. The molecule has 198 valence electrons. The molecule has 0 aliphatic carbocycles. The first kappa shape index (κ1) is 28.9. The third kappa shape index (κ3) is 8.70. The number of benzene rings is 1. The number of rotatable bonds is 13. The molecule has 0 unspecified atom stereocenters. The number of phenols is 1. The molecule has 0 saturated carbocycles. The van der Waals surface area contributed by atoms with Crippen LogP contribution in [0.4, 0.5) is 0 Å². The number of primary amides is 1. The number of aliphatic imine (C=N–C) groups is 1. The van der Waals surface area contributed by atoms with E-state index in [1.54, 1.807) is 12.1 Å². The molecule has 1 heterocycles. The fraction of sp³-hybridized carbons (Fsp3) is 0.500. The van der Waals surface area contributed by atoms with E-state index in [1.165, 1.54) is 24.1 Å². The second-order valence-electron chi connectivity index (χ2n) is 8.49. The Balaban J connectivity index is 2.30. The number of guanidine groups is 1. The van der Waals surface area contributed by atoms with Crippen molar-refractivity contribution in [3.8, 4) is 5.75 Å². The average Bonchev–Trinajstić information content (AvgIpc) is 2.81. The minimum Gasteiger partial charge on any atom is -0.508 e. The molecule has 1 aliphatic heterocycles. The first-order valence-electron chi connectivity index (χ1n) is 11.4. The van der Waals surface area contributed by atoms with E-state index in [1.807, 2.05) is 0 Å². The molecule has 0 bridgehead atoms. The van der Waals surface area contributed by atoms with E-state index >= 15 is 0 Å². The average molecular weight is 523 g/mol. The summed E-state index contributed by atoms with van der Waals surface area (Å²) < 4.78 is 0. The molecule has 1 aromatic carbocycles. The van der Waals surface area contributed by atoms with E-state index in [0.717, 1.165) is 0 Å². The number of hydrogen-bond donors (Lipinski definition) is 8. The number of nitrogens with two attached hydrogens (primary N) is 3. The fourth-order valence-electron chi connectivity index (χ4n) is 3.68. The van der Waals surface area contributed by atoms with E-state index < -0.39 is 41.9 Å². The lowest BCUT2D eigenvalue weighted by Gasteiger charge is -2.40. The number of amides is 3. The second kappa shape index (κ2) is 13.7. The van der Waals surface area contributed by atoms with Gasteiger partial charge in [0.15, 0.2) is 11.7 Å². The molecule has 1 aromatic rings. The zero-order valence-corrected chi connectivity index (χ0v) is 20.9. The maximum atomic E-state index is 13.2. The van der Waals surface area contributed by atoms with Crippen LogP contribution >= 0.6 is 12.6 Å². The summed E-state index contributed by atoms with van der Waals surface area (Å²) in [5, 5.41) is 16.4. The maximum absolute atomic E-state index is 13.2. The van der Waals surface area contributed by atoms with Gasteiger partial charge in [-0.25, -0.2) is 10.4 Å². The van der Waals surface area contributed by atoms with Crippen LogP contribution in [-0.4, -0.2) is 82.6 Å². The predicted molar refractivity (Wildman–Crippen MR) is 137 cm³/mol. The first-order chi connectivity index (χ1) is 17.0. The molecule has 4 atom stereocenters. The minimum atomic E-state index is -0.973. The summed E-state index contributed by atoms with van der Waals surface area (Å²) in [6.07, 6.45) is 0.932. The highest BCUT2D eigenvalue weighted by Crippen LogP contribution is 2.16. The van der Waals surface area contributed by atoms with Gasteiger partial charge in [0, 0.05) is 18.8 Å². The SMILES string of the molecule is CC(=O)[C@H](CS)NC(=O)[C@H](Cc1ccc(O)cc1)NN1C[C@H](C(N)=O)NC(=O)[C@@H]1CCCN=C(N)N. The van der Waals surface area contributed by atoms with Crippen LogP contribution in [0.5, 0.6) is 5.75 Å². The molecular weight excluding hydrogens is 488 g/mol. The van der Waals surface area contributed by atoms with Gasteiger partial charge < -0.3 is 32.9 Å². The largest absolute Gasteiger partial charge is 0.508 e. The third-order valence-corrected chi connectivity index (χ3v) is 6.02. The van der Waals surface area contributed by atoms with Gasteiger partial charge in [-0.05, 0) is 43.9 Å². The predicted octanol–water partition coefficient (Wildman–Crippen LogP) is -2.48. The maximum Gasteiger partial charge on any atom is 0.241 e. The molecule has 10 N–H and O–H groups in total. The molecule has 3 amide bonds. The minimum absolute atomic E-state index is 0.0100. The summed E-state index contributed by atoms with van der Waals surface area (Å²) in [4.78, 5) is 53.7. The van der Waals surface area contributed by atoms with E-state index in [-0.39, 0.29) is 36.2 Å². The van der Waals surface area contributed by atoms with Crippen LogP contribution in [0.2, 0.25) is 0 Å². The van der Waals surface area contributed by atoms with Crippen molar-refractivity contribution in [3.05, 3.63) is 29.8 Å². The number of thiol groups is 1. The Labute approximate surface area is 214 Å². The van der Waals surface area contributed by atoms with E-state index in [9.17, 15) is 24.3 Å². The molecule has 1 saturated heterocycles. The summed E-state index contributed by atoms with van der Waals surface area (Å²) in [7, 11) is 0. The smallest absolute Gasteiger partial charge is 0.241 e. The van der Waals surface area contributed by atoms with Crippen molar-refractivity contribution in [2.75, 3.05) is 18.8 Å². The highest BCUT2D eigenvalue weighted by atomic mass is 32.1. The van der Waals surface area contributed by atoms with Crippen molar-refractivity contribution in [2.45, 2.75) is 50.4 Å². The standard InChI is InChI=1S/C22H34N8O5S/c1-12(31)17(11-36)28-20(34)15(9-13-4-6-14(32)7-5-13)29-30-10-16(19(23)33)27-21(35)18(30)3-2-8-26-22(24)25/h4-7,15-18,29,32,36H,2-3,8-11H2,1H3,(H2,23,33)(H,27,35)(H,28,34)(H4,24,25,26)/t15-,16+,17-,18-/m0/s1. The van der Waals surface area contributed by atoms with Gasteiger partial charge in [-0.1, -0.05) is 12.1 Å². The molecule has 0 aromatic heterocycles. The van der Waals surface area contributed by atoms with Gasteiger partial charge in [0.2, 0.25) is 17.7 Å². The van der Waals surface area contributed by atoms with Crippen molar-refractivity contribution >= 4 is 42.1 Å². The number of nitrogens with zero attached hydrogens (tertiary/aromatic N) is 2. The Morgan fingerprint density at radius 1 is 1.22 bits per heavy atom. The zero-order valence-electron chi connectivity index (χ0n) is 20.0. The van der Waals surface area contributed by atoms with Gasteiger partial charge in [-0.15, -0.1) is 0 Å². The fourth-order valence-corrected chi connectivity index (χ4v) is 4.02. The van der Waals surface area contributed by atoms with Gasteiger partial charge in [0.05, 0.1) is 6.04 Å². The van der Waals surface area contributed by atoms with Gasteiger partial charge in [0.25, 0.3) is 0 Å². The quantitative estimate of drug-likeness (QED) is 0.0594. The van der Waals surface area contributed by atoms with Crippen molar-refractivity contribution in [3.63, 3.8) is 0 Å². The lowest BCUT2D eigenvalue weighted by Crippen LogP contribution is -2.69. The van der Waals surface area contributed by atoms with Crippen molar-refractivity contribution in [1.82, 2.24) is 21.1 Å². The van der Waals surface area contributed by atoms with Gasteiger partial charge >= 0.3 is 0 Å². The number of aromatic hydroxyl groups is 1. The lowest BCUT2D eigenvalue weighted by molar-refractivity contribution is -0.140. The van der Waals surface area contributed by atoms with E-state index in [0.29, 0.717) is 24.9 Å². The number of carbonyl (C=O) groups is 4. The van der Waals surface area contributed by atoms with Gasteiger partial charge in [-0.3, -0.25) is 24.2 Å². The van der Waals surface area contributed by atoms with Crippen LogP contribution in [0.25, 0.3) is 0 Å². The van der Waals surface area contributed by atoms with E-state index in [2.05, 4.69) is 33.7 Å². The van der Waals surface area contributed by atoms with Gasteiger partial charge in [0.1, 0.15) is 23.9 Å². The number of phenolic OH excluding ortho intramolecular Hbond substituents is 1. The van der Waals surface area contributed by atoms with Crippen molar-refractivity contribution in [2.24, 2.45) is 22.2 Å². The third-order valence-electron chi connectivity index (χ3n) is 5.65. The molecule has 36 heavy (non-hydrogen) atoms. The van der Waals surface area contributed by atoms with Crippen LogP contribution in [0.1, 0.15) is 25.3 Å². The van der Waals surface area contributed by atoms with Crippen LogP contribution in [-0.2, 0) is 25.6 Å². The number of Topliss-reactive ketones (excluding diaryl/α,β-unsaturated/α-hetero) is 1. The Morgan fingerprint density at radius 2 is 1.89 bits per heavy atom. The number of nitrogens with one attached hydrogen (secondary N) is 3. The first-order valence-corrected chi connectivity index (χ1v) is 12.0. The topological polar surface area (TPSA) is 218 Å². The highest BCUT2D eigenvalue weighted by molar-refractivity contribution is 7.80. The lowest BCUT2D eigenvalue weighted by atomic mass is 10.0. The number of carbonyl (C=O) groups excluding carboxylic acids is 4. The molecule has 13 nitrogen and oxygen atoms in total. The molecule has 14 heteroatoms. The summed E-state index contributed by atoms with van der Waals surface area (Å²) in [6, 6.07) is 2.82. The van der Waals surface area contributed by atoms with Crippen LogP contribution in [0, 0.1) is 0 Å². The molecule has 2 rings (SSSR count).